The van der Waals surface area contributed by atoms with Crippen LogP contribution >= 0.6 is 11.8 Å². The lowest BCUT2D eigenvalue weighted by atomic mass is 10.1. The minimum atomic E-state index is -0.982. The molecule has 0 unspecified atom stereocenters. The Balaban J connectivity index is 2.58. The van der Waals surface area contributed by atoms with Crippen LogP contribution in [0.1, 0.15) is 22.3 Å². The minimum absolute atomic E-state index is 0.0804. The van der Waals surface area contributed by atoms with E-state index in [9.17, 15) is 14.7 Å². The molecule has 2 N–H and O–H groups in total. The molecule has 0 heterocycles. The maximum atomic E-state index is 11.9. The highest BCUT2D eigenvalue weighted by molar-refractivity contribution is 7.98. The van der Waals surface area contributed by atoms with Gasteiger partial charge in [-0.15, -0.1) is 0 Å². The van der Waals surface area contributed by atoms with Gasteiger partial charge in [-0.1, -0.05) is 12.1 Å². The van der Waals surface area contributed by atoms with E-state index in [1.165, 1.54) is 4.90 Å². The van der Waals surface area contributed by atoms with Crippen LogP contribution in [0.2, 0.25) is 0 Å². The lowest BCUT2D eigenvalue weighted by Crippen LogP contribution is -2.34. The molecule has 0 aliphatic rings. The summed E-state index contributed by atoms with van der Waals surface area (Å²) in [6.07, 6.45) is 1.38. The van der Waals surface area contributed by atoms with E-state index in [1.807, 2.05) is 12.3 Å². The second-order valence-electron chi connectivity index (χ2n) is 4.92. The summed E-state index contributed by atoms with van der Waals surface area (Å²) < 4.78 is 0. The number of hydrogen-bond acceptors (Lipinski definition) is 4. The molecule has 6 heteroatoms. The number of benzene rings is 1. The number of nitrogens with one attached hydrogen (secondary N) is 1. The minimum Gasteiger partial charge on any atom is -0.383 e. The van der Waals surface area contributed by atoms with Crippen molar-refractivity contribution >= 4 is 23.6 Å². The van der Waals surface area contributed by atoms with E-state index in [1.54, 1.807) is 44.1 Å². The summed E-state index contributed by atoms with van der Waals surface area (Å²) in [4.78, 5) is 25.1. The molecule has 116 valence electrons. The quantitative estimate of drug-likeness (QED) is 0.792. The Morgan fingerprint density at radius 3 is 2.71 bits per heavy atom. The zero-order chi connectivity index (χ0) is 15.8. The van der Waals surface area contributed by atoms with Gasteiger partial charge in [0.2, 0.25) is 5.91 Å². The highest BCUT2D eigenvalue weighted by Gasteiger charge is 2.14. The van der Waals surface area contributed by atoms with Crippen LogP contribution in [-0.4, -0.2) is 54.0 Å². The summed E-state index contributed by atoms with van der Waals surface area (Å²) in [6.45, 7) is 0.295. The summed E-state index contributed by atoms with van der Waals surface area (Å²) in [6, 6.07) is 7.10. The molecule has 2 amide bonds. The van der Waals surface area contributed by atoms with E-state index >= 15 is 0 Å². The van der Waals surface area contributed by atoms with E-state index in [0.29, 0.717) is 18.5 Å². The predicted octanol–water partition coefficient (Wildman–Crippen LogP) is 1.12. The molecule has 1 atom stereocenters. The highest BCUT2D eigenvalue weighted by atomic mass is 32.2. The number of nitrogens with zero attached hydrogens (tertiary/aromatic N) is 1. The molecule has 1 aromatic rings. The first-order chi connectivity index (χ1) is 9.95. The van der Waals surface area contributed by atoms with Gasteiger partial charge in [0, 0.05) is 26.2 Å². The van der Waals surface area contributed by atoms with E-state index < -0.39 is 6.10 Å². The van der Waals surface area contributed by atoms with Crippen LogP contribution in [0.15, 0.2) is 24.3 Å². The molecule has 1 aromatic carbocycles. The van der Waals surface area contributed by atoms with Crippen molar-refractivity contribution in [1.82, 2.24) is 10.2 Å². The van der Waals surface area contributed by atoms with Crippen LogP contribution in [0.5, 0.6) is 0 Å². The zero-order valence-corrected chi connectivity index (χ0v) is 13.4. The average molecular weight is 310 g/mol. The van der Waals surface area contributed by atoms with E-state index in [0.717, 1.165) is 11.3 Å². The fourth-order valence-corrected chi connectivity index (χ4v) is 2.20. The van der Waals surface area contributed by atoms with Gasteiger partial charge >= 0.3 is 0 Å². The summed E-state index contributed by atoms with van der Waals surface area (Å²) in [7, 11) is 3.39. The largest absolute Gasteiger partial charge is 0.383 e. The van der Waals surface area contributed by atoms with Gasteiger partial charge in [-0.25, -0.2) is 0 Å². The Hall–Kier alpha value is -1.53. The Morgan fingerprint density at radius 2 is 2.10 bits per heavy atom. The van der Waals surface area contributed by atoms with E-state index in [2.05, 4.69) is 5.32 Å². The maximum Gasteiger partial charge on any atom is 0.253 e. The lowest BCUT2D eigenvalue weighted by Gasteiger charge is -2.13. The Morgan fingerprint density at radius 1 is 1.38 bits per heavy atom. The van der Waals surface area contributed by atoms with Gasteiger partial charge < -0.3 is 15.3 Å². The number of amides is 2. The number of carbonyl (C=O) groups excluding carboxylic acids is 2. The first-order valence-corrected chi connectivity index (χ1v) is 8.10. The number of rotatable bonds is 7. The van der Waals surface area contributed by atoms with Gasteiger partial charge in [0.25, 0.3) is 5.91 Å². The SMILES string of the molecule is CSCC[C@@H](O)C(=O)NCc1cccc(C(=O)N(C)C)c1. The lowest BCUT2D eigenvalue weighted by molar-refractivity contribution is -0.129. The van der Waals surface area contributed by atoms with Crippen molar-refractivity contribution in [3.8, 4) is 0 Å². The van der Waals surface area contributed by atoms with Crippen molar-refractivity contribution in [3.63, 3.8) is 0 Å². The van der Waals surface area contributed by atoms with Crippen LogP contribution in [0.25, 0.3) is 0 Å². The van der Waals surface area contributed by atoms with Gasteiger partial charge in [-0.3, -0.25) is 9.59 Å². The van der Waals surface area contributed by atoms with Crippen molar-refractivity contribution in [2.45, 2.75) is 19.1 Å². The van der Waals surface area contributed by atoms with Gasteiger partial charge in [0.1, 0.15) is 6.10 Å². The van der Waals surface area contributed by atoms with E-state index in [4.69, 9.17) is 0 Å². The number of carbonyl (C=O) groups is 2. The Kier molecular flexibility index (Phi) is 7.25. The summed E-state index contributed by atoms with van der Waals surface area (Å²) >= 11 is 1.59. The normalized spacial score (nSPS) is 11.8. The van der Waals surface area contributed by atoms with Crippen LogP contribution in [0.4, 0.5) is 0 Å². The third-order valence-electron chi connectivity index (χ3n) is 2.94. The number of hydrogen-bond donors (Lipinski definition) is 2. The molecule has 0 saturated carbocycles. The van der Waals surface area contributed by atoms with Crippen molar-refractivity contribution in [2.24, 2.45) is 0 Å². The molecule has 0 aliphatic carbocycles. The topological polar surface area (TPSA) is 69.6 Å². The second kappa shape index (κ2) is 8.69. The molecule has 1 rings (SSSR count). The van der Waals surface area contributed by atoms with Crippen molar-refractivity contribution in [1.29, 1.82) is 0 Å². The monoisotopic (exact) mass is 310 g/mol. The van der Waals surface area contributed by atoms with Crippen molar-refractivity contribution in [2.75, 3.05) is 26.1 Å². The van der Waals surface area contributed by atoms with Crippen molar-refractivity contribution < 1.29 is 14.7 Å². The molecule has 0 aromatic heterocycles. The fraction of sp³-hybridized carbons (Fsp3) is 0.467. The number of aliphatic hydroxyl groups is 1. The van der Waals surface area contributed by atoms with Crippen LogP contribution in [-0.2, 0) is 11.3 Å². The van der Waals surface area contributed by atoms with Crippen LogP contribution < -0.4 is 5.32 Å². The molecule has 0 radical (unpaired) electrons. The van der Waals surface area contributed by atoms with Gasteiger partial charge in [0.05, 0.1) is 0 Å². The van der Waals surface area contributed by atoms with Gasteiger partial charge in [0.15, 0.2) is 0 Å². The number of aliphatic hydroxyl groups excluding tert-OH is 1. The fourth-order valence-electron chi connectivity index (χ4n) is 1.74. The van der Waals surface area contributed by atoms with E-state index in [-0.39, 0.29) is 11.8 Å². The maximum absolute atomic E-state index is 11.9. The van der Waals surface area contributed by atoms with Gasteiger partial charge in [-0.05, 0) is 36.1 Å². The molecular formula is C15H22N2O3S. The average Bonchev–Trinajstić information content (AvgIpc) is 2.49. The molecule has 0 fully saturated rings. The molecule has 0 spiro atoms. The van der Waals surface area contributed by atoms with Crippen LogP contribution in [0, 0.1) is 0 Å². The summed E-state index contributed by atoms with van der Waals surface area (Å²) in [5, 5.41) is 12.3. The molecule has 0 aliphatic heterocycles. The third-order valence-corrected chi connectivity index (χ3v) is 3.59. The standard InChI is InChI=1S/C15H22N2O3S/c1-17(2)15(20)12-6-4-5-11(9-12)10-16-14(19)13(18)7-8-21-3/h4-6,9,13,18H,7-8,10H2,1-3H3,(H,16,19)/t13-/m1/s1. The Labute approximate surface area is 129 Å². The summed E-state index contributed by atoms with van der Waals surface area (Å²) in [5.74, 6) is 0.276. The first-order valence-electron chi connectivity index (χ1n) is 6.71. The third kappa shape index (κ3) is 5.77. The summed E-state index contributed by atoms with van der Waals surface area (Å²) in [5.41, 5.74) is 1.41. The smallest absolute Gasteiger partial charge is 0.253 e. The molecule has 0 saturated heterocycles. The molecule has 5 nitrogen and oxygen atoms in total. The molecule has 21 heavy (non-hydrogen) atoms. The predicted molar refractivity (Wildman–Crippen MR) is 85.3 cm³/mol. The van der Waals surface area contributed by atoms with Crippen LogP contribution in [0.3, 0.4) is 0 Å². The highest BCUT2D eigenvalue weighted by Crippen LogP contribution is 2.08. The van der Waals surface area contributed by atoms with Gasteiger partial charge in [-0.2, -0.15) is 11.8 Å². The number of thioether (sulfide) groups is 1. The molecule has 0 bridgehead atoms. The molecular weight excluding hydrogens is 288 g/mol. The zero-order valence-electron chi connectivity index (χ0n) is 12.6. The van der Waals surface area contributed by atoms with Crippen molar-refractivity contribution in [3.05, 3.63) is 35.4 Å². The Bertz CT molecular complexity index is 492. The second-order valence-corrected chi connectivity index (χ2v) is 5.90. The first kappa shape index (κ1) is 17.5.